The highest BCUT2D eigenvalue weighted by molar-refractivity contribution is 7.18. The molecule has 3 rings (SSSR count). The summed E-state index contributed by atoms with van der Waals surface area (Å²) in [6.45, 7) is 0.286. The lowest BCUT2D eigenvalue weighted by Crippen LogP contribution is -2.08. The lowest BCUT2D eigenvalue weighted by Gasteiger charge is -2.06. The molecule has 0 N–H and O–H groups in total. The molecule has 1 unspecified atom stereocenters. The first-order valence-corrected chi connectivity index (χ1v) is 7.29. The minimum atomic E-state index is -0.129. The van der Waals surface area contributed by atoms with Crippen LogP contribution in [0.5, 0.6) is 0 Å². The van der Waals surface area contributed by atoms with E-state index >= 15 is 0 Å². The molecule has 0 spiro atoms. The zero-order valence-electron chi connectivity index (χ0n) is 10.5. The van der Waals surface area contributed by atoms with Crippen molar-refractivity contribution in [3.05, 3.63) is 41.4 Å². The van der Waals surface area contributed by atoms with Gasteiger partial charge in [0.15, 0.2) is 0 Å². The van der Waals surface area contributed by atoms with Crippen molar-refractivity contribution in [2.75, 3.05) is 0 Å². The predicted molar refractivity (Wildman–Crippen MR) is 75.9 cm³/mol. The Morgan fingerprint density at radius 2 is 2.32 bits per heavy atom. The van der Waals surface area contributed by atoms with E-state index in [1.54, 1.807) is 11.3 Å². The molecular formula is C15H15NO2S. The zero-order valence-corrected chi connectivity index (χ0v) is 11.4. The smallest absolute Gasteiger partial charge is 0.306 e. The van der Waals surface area contributed by atoms with Crippen LogP contribution < -0.4 is 0 Å². The number of carbonyl (C=O) groups excluding carboxylic acids is 1. The van der Waals surface area contributed by atoms with Gasteiger partial charge < -0.3 is 4.74 Å². The van der Waals surface area contributed by atoms with E-state index in [1.165, 1.54) is 0 Å². The maximum Gasteiger partial charge on any atom is 0.306 e. The van der Waals surface area contributed by atoms with Gasteiger partial charge in [-0.15, -0.1) is 11.3 Å². The van der Waals surface area contributed by atoms with Crippen LogP contribution in [-0.4, -0.2) is 11.0 Å². The molecule has 0 saturated carbocycles. The molecule has 0 bridgehead atoms. The Kier molecular flexibility index (Phi) is 3.60. The number of para-hydroxylation sites is 1. The SMILES string of the molecule is O=C(CC1C=CCC1)OCc1nc2ccccc2s1. The number of carbonyl (C=O) groups is 1. The number of nitrogens with zero attached hydrogens (tertiary/aromatic N) is 1. The molecule has 2 aromatic rings. The largest absolute Gasteiger partial charge is 0.458 e. The summed E-state index contributed by atoms with van der Waals surface area (Å²) in [6.07, 6.45) is 6.87. The van der Waals surface area contributed by atoms with Crippen molar-refractivity contribution in [1.82, 2.24) is 4.98 Å². The van der Waals surface area contributed by atoms with E-state index in [0.29, 0.717) is 12.3 Å². The van der Waals surface area contributed by atoms with E-state index in [1.807, 2.05) is 24.3 Å². The highest BCUT2D eigenvalue weighted by atomic mass is 32.1. The van der Waals surface area contributed by atoms with E-state index < -0.39 is 0 Å². The number of benzene rings is 1. The van der Waals surface area contributed by atoms with Crippen molar-refractivity contribution in [2.45, 2.75) is 25.9 Å². The van der Waals surface area contributed by atoms with Crippen LogP contribution in [0.2, 0.25) is 0 Å². The normalized spacial score (nSPS) is 18.0. The number of rotatable bonds is 4. The molecule has 1 atom stereocenters. The number of hydrogen-bond acceptors (Lipinski definition) is 4. The molecule has 0 saturated heterocycles. The minimum absolute atomic E-state index is 0.129. The molecule has 98 valence electrons. The lowest BCUT2D eigenvalue weighted by atomic mass is 10.1. The van der Waals surface area contributed by atoms with Gasteiger partial charge >= 0.3 is 5.97 Å². The summed E-state index contributed by atoms with van der Waals surface area (Å²) in [7, 11) is 0. The van der Waals surface area contributed by atoms with Gasteiger partial charge in [-0.2, -0.15) is 0 Å². The van der Waals surface area contributed by atoms with Gasteiger partial charge in [-0.3, -0.25) is 4.79 Å². The fraction of sp³-hybridized carbons (Fsp3) is 0.333. The quantitative estimate of drug-likeness (QED) is 0.630. The molecule has 1 aromatic carbocycles. The number of esters is 1. The van der Waals surface area contributed by atoms with Gasteiger partial charge in [0.1, 0.15) is 11.6 Å². The first-order chi connectivity index (χ1) is 9.31. The Morgan fingerprint density at radius 3 is 3.11 bits per heavy atom. The molecule has 0 aliphatic heterocycles. The average molecular weight is 273 g/mol. The first-order valence-electron chi connectivity index (χ1n) is 6.48. The fourth-order valence-corrected chi connectivity index (χ4v) is 3.14. The van der Waals surface area contributed by atoms with Crippen LogP contribution in [0.3, 0.4) is 0 Å². The second-order valence-electron chi connectivity index (χ2n) is 4.71. The third kappa shape index (κ3) is 3.01. The zero-order chi connectivity index (χ0) is 13.1. The molecule has 0 fully saturated rings. The summed E-state index contributed by atoms with van der Waals surface area (Å²) >= 11 is 1.58. The van der Waals surface area contributed by atoms with Crippen molar-refractivity contribution in [1.29, 1.82) is 0 Å². The second-order valence-corrected chi connectivity index (χ2v) is 5.82. The number of allylic oxidation sites excluding steroid dienone is 2. The summed E-state index contributed by atoms with van der Waals surface area (Å²) in [6, 6.07) is 7.95. The van der Waals surface area contributed by atoms with E-state index in [-0.39, 0.29) is 12.6 Å². The molecule has 3 nitrogen and oxygen atoms in total. The standard InChI is InChI=1S/C15H15NO2S/c17-15(9-11-5-1-2-6-11)18-10-14-16-12-7-3-4-8-13(12)19-14/h1,3-5,7-8,11H,2,6,9-10H2. The summed E-state index contributed by atoms with van der Waals surface area (Å²) in [5.41, 5.74) is 0.970. The van der Waals surface area contributed by atoms with Gasteiger partial charge in [0.25, 0.3) is 0 Å². The predicted octanol–water partition coefficient (Wildman–Crippen LogP) is 3.70. The molecule has 4 heteroatoms. The Hall–Kier alpha value is -1.68. The first kappa shape index (κ1) is 12.4. The number of aromatic nitrogens is 1. The Morgan fingerprint density at radius 1 is 1.42 bits per heavy atom. The van der Waals surface area contributed by atoms with E-state index in [2.05, 4.69) is 17.1 Å². The van der Waals surface area contributed by atoms with E-state index in [4.69, 9.17) is 4.74 Å². The monoisotopic (exact) mass is 273 g/mol. The number of fused-ring (bicyclic) bond motifs is 1. The molecule has 19 heavy (non-hydrogen) atoms. The van der Waals surface area contributed by atoms with Crippen LogP contribution in [0.15, 0.2) is 36.4 Å². The van der Waals surface area contributed by atoms with Crippen molar-refractivity contribution in [3.8, 4) is 0 Å². The van der Waals surface area contributed by atoms with Gasteiger partial charge in [0.05, 0.1) is 16.6 Å². The highest BCUT2D eigenvalue weighted by Gasteiger charge is 2.15. The van der Waals surface area contributed by atoms with Gasteiger partial charge in [0.2, 0.25) is 0 Å². The third-order valence-electron chi connectivity index (χ3n) is 3.24. The van der Waals surface area contributed by atoms with Crippen LogP contribution >= 0.6 is 11.3 Å². The minimum Gasteiger partial charge on any atom is -0.458 e. The van der Waals surface area contributed by atoms with E-state index in [0.717, 1.165) is 28.1 Å². The molecule has 1 heterocycles. The van der Waals surface area contributed by atoms with Crippen LogP contribution in [0, 0.1) is 5.92 Å². The second kappa shape index (κ2) is 5.53. The topological polar surface area (TPSA) is 39.2 Å². The van der Waals surface area contributed by atoms with Crippen molar-refractivity contribution in [2.24, 2.45) is 5.92 Å². The maximum atomic E-state index is 11.7. The van der Waals surface area contributed by atoms with Crippen LogP contribution in [0.25, 0.3) is 10.2 Å². The number of thiazole rings is 1. The van der Waals surface area contributed by atoms with E-state index in [9.17, 15) is 4.79 Å². The van der Waals surface area contributed by atoms with Gasteiger partial charge in [0, 0.05) is 0 Å². The summed E-state index contributed by atoms with van der Waals surface area (Å²) in [5.74, 6) is 0.235. The third-order valence-corrected chi connectivity index (χ3v) is 4.25. The lowest BCUT2D eigenvalue weighted by molar-refractivity contribution is -0.145. The van der Waals surface area contributed by atoms with Crippen molar-refractivity contribution in [3.63, 3.8) is 0 Å². The Labute approximate surface area is 115 Å². The highest BCUT2D eigenvalue weighted by Crippen LogP contribution is 2.23. The molecule has 1 aliphatic carbocycles. The van der Waals surface area contributed by atoms with Gasteiger partial charge in [-0.05, 0) is 30.9 Å². The van der Waals surface area contributed by atoms with Crippen molar-refractivity contribution >= 4 is 27.5 Å². The summed E-state index contributed by atoms with van der Waals surface area (Å²) < 4.78 is 6.43. The maximum absolute atomic E-state index is 11.7. The fourth-order valence-electron chi connectivity index (χ4n) is 2.26. The van der Waals surface area contributed by atoms with Crippen LogP contribution in [0.4, 0.5) is 0 Å². The summed E-state index contributed by atoms with van der Waals surface area (Å²) in [5, 5.41) is 0.858. The number of hydrogen-bond donors (Lipinski definition) is 0. The Balaban J connectivity index is 1.56. The molecular weight excluding hydrogens is 258 g/mol. The average Bonchev–Trinajstić information content (AvgIpc) is 3.04. The molecule has 1 aliphatic rings. The Bertz CT molecular complexity index is 584. The van der Waals surface area contributed by atoms with Gasteiger partial charge in [-0.1, -0.05) is 24.3 Å². The number of ether oxygens (including phenoxy) is 1. The van der Waals surface area contributed by atoms with Crippen LogP contribution in [-0.2, 0) is 16.1 Å². The molecule has 0 amide bonds. The van der Waals surface area contributed by atoms with Crippen molar-refractivity contribution < 1.29 is 9.53 Å². The van der Waals surface area contributed by atoms with Gasteiger partial charge in [-0.25, -0.2) is 4.98 Å². The summed E-state index contributed by atoms with van der Waals surface area (Å²) in [4.78, 5) is 16.2. The molecule has 1 aromatic heterocycles. The van der Waals surface area contributed by atoms with Crippen LogP contribution in [0.1, 0.15) is 24.3 Å². The molecule has 0 radical (unpaired) electrons.